The monoisotopic (exact) mass is 878 g/mol. The summed E-state index contributed by atoms with van der Waals surface area (Å²) in [6.45, 7) is 4.66. The number of hydrogen-bond donors (Lipinski definition) is 0. The van der Waals surface area contributed by atoms with Crippen molar-refractivity contribution in [1.29, 1.82) is 0 Å². The summed E-state index contributed by atoms with van der Waals surface area (Å²) in [5, 5.41) is 35.1. The number of fused-ring (bicyclic) bond motifs is 14. The van der Waals surface area contributed by atoms with Crippen LogP contribution in [0.15, 0.2) is 194 Å². The van der Waals surface area contributed by atoms with Gasteiger partial charge in [-0.15, -0.1) is 0 Å². The van der Waals surface area contributed by atoms with Gasteiger partial charge >= 0.3 is 0 Å². The maximum atomic E-state index is 2.48. The van der Waals surface area contributed by atoms with Crippen molar-refractivity contribution < 1.29 is 0 Å². The van der Waals surface area contributed by atoms with E-state index in [0.717, 1.165) is 0 Å². The van der Waals surface area contributed by atoms with Gasteiger partial charge in [0.05, 0.1) is 0 Å². The molecule has 1 aliphatic rings. The van der Waals surface area contributed by atoms with Crippen LogP contribution in [0.1, 0.15) is 11.1 Å². The molecule has 0 saturated heterocycles. The van der Waals surface area contributed by atoms with Crippen molar-refractivity contribution in [2.45, 2.75) is 13.8 Å². The van der Waals surface area contributed by atoms with Gasteiger partial charge in [-0.1, -0.05) is 194 Å². The largest absolute Gasteiger partial charge is 0.0622 e. The van der Waals surface area contributed by atoms with Crippen LogP contribution >= 0.6 is 0 Å². The fraction of sp³-hybridized carbons (Fsp3) is 0.0286. The van der Waals surface area contributed by atoms with Gasteiger partial charge in [0.25, 0.3) is 0 Å². The van der Waals surface area contributed by atoms with Gasteiger partial charge in [-0.3, -0.25) is 0 Å². The van der Waals surface area contributed by atoms with E-state index in [1.165, 1.54) is 196 Å². The number of hydrogen-bond acceptors (Lipinski definition) is 0. The lowest BCUT2D eigenvalue weighted by atomic mass is 9.83. The van der Waals surface area contributed by atoms with Gasteiger partial charge in [0, 0.05) is 0 Å². The molecule has 0 radical (unpaired) electrons. The normalized spacial score (nSPS) is 13.0. The number of aryl methyl sites for hydroxylation is 2. The lowest BCUT2D eigenvalue weighted by Crippen LogP contribution is -1.91. The molecule has 0 fully saturated rings. The van der Waals surface area contributed by atoms with Crippen molar-refractivity contribution in [2.75, 3.05) is 0 Å². The van der Waals surface area contributed by atoms with E-state index in [2.05, 4.69) is 208 Å². The molecule has 0 saturated carbocycles. The Bertz CT molecular complexity index is 4900. The maximum Gasteiger partial charge on any atom is -0.000717 e. The van der Waals surface area contributed by atoms with Crippen LogP contribution in [0.5, 0.6) is 0 Å². The van der Waals surface area contributed by atoms with Crippen molar-refractivity contribution in [3.05, 3.63) is 205 Å². The van der Waals surface area contributed by atoms with Crippen LogP contribution in [0.2, 0.25) is 0 Å². The van der Waals surface area contributed by atoms with Crippen LogP contribution in [0.3, 0.4) is 0 Å². The third kappa shape index (κ3) is 3.98. The van der Waals surface area contributed by atoms with Crippen molar-refractivity contribution in [1.82, 2.24) is 0 Å². The Morgan fingerprint density at radius 1 is 0.186 bits per heavy atom. The molecule has 0 spiro atoms. The highest BCUT2D eigenvalue weighted by Crippen LogP contribution is 2.59. The highest BCUT2D eigenvalue weighted by Gasteiger charge is 2.32. The Morgan fingerprint density at radius 3 is 0.886 bits per heavy atom. The molecule has 0 bridgehead atoms. The average molecular weight is 879 g/mol. The Kier molecular flexibility index (Phi) is 6.34. The summed E-state index contributed by atoms with van der Waals surface area (Å²) >= 11 is 0. The van der Waals surface area contributed by atoms with E-state index in [1.54, 1.807) is 0 Å². The Morgan fingerprint density at radius 2 is 0.486 bits per heavy atom. The molecule has 0 atom stereocenters. The average Bonchev–Trinajstić information content (AvgIpc) is 4.06. The fourth-order valence-electron chi connectivity index (χ4n) is 14.9. The topological polar surface area (TPSA) is 0 Å². The van der Waals surface area contributed by atoms with Gasteiger partial charge < -0.3 is 0 Å². The summed E-state index contributed by atoms with van der Waals surface area (Å²) in [5.74, 6) is 0. The highest BCUT2D eigenvalue weighted by molar-refractivity contribution is 6.51. The van der Waals surface area contributed by atoms with Gasteiger partial charge in [-0.25, -0.2) is 0 Å². The molecule has 0 aromatic heterocycles. The van der Waals surface area contributed by atoms with Crippen LogP contribution in [0, 0.1) is 13.8 Å². The van der Waals surface area contributed by atoms with Gasteiger partial charge in [0.2, 0.25) is 0 Å². The van der Waals surface area contributed by atoms with Crippen molar-refractivity contribution in [3.63, 3.8) is 0 Å². The minimum absolute atomic E-state index is 1.26. The van der Waals surface area contributed by atoms with E-state index in [4.69, 9.17) is 0 Å². The van der Waals surface area contributed by atoms with E-state index in [-0.39, 0.29) is 0 Å². The molecule has 18 rings (SSSR count). The zero-order chi connectivity index (χ0) is 45.4. The first-order valence-corrected chi connectivity index (χ1v) is 24.9. The summed E-state index contributed by atoms with van der Waals surface area (Å²) in [5.41, 5.74) is 13.5. The zero-order valence-corrected chi connectivity index (χ0v) is 38.5. The highest BCUT2D eigenvalue weighted by atomic mass is 14.3. The SMILES string of the molecule is Cc1c2c(c(C)c3ccccc13)-c1ccc3c4ccc5c6ccc7c8c(-c9ccccc9)c9c%10cccc%11cccc(c9c(-c9ccccc9)c8c8ccc(c9ccc(c%12ccc-2c1c%123)c4c95)c6c87)c%11%10. The van der Waals surface area contributed by atoms with Crippen LogP contribution in [-0.4, -0.2) is 0 Å². The summed E-state index contributed by atoms with van der Waals surface area (Å²) in [7, 11) is 0. The first-order valence-electron chi connectivity index (χ1n) is 24.9. The van der Waals surface area contributed by atoms with Crippen molar-refractivity contribution in [3.8, 4) is 44.5 Å². The van der Waals surface area contributed by atoms with E-state index < -0.39 is 0 Å². The summed E-state index contributed by atoms with van der Waals surface area (Å²) < 4.78 is 0. The van der Waals surface area contributed by atoms with Gasteiger partial charge in [-0.05, 0) is 210 Å². The fourth-order valence-corrected chi connectivity index (χ4v) is 14.9. The van der Waals surface area contributed by atoms with Crippen LogP contribution < -0.4 is 0 Å². The molecular formula is C70H38. The predicted octanol–water partition coefficient (Wildman–Crippen LogP) is 20.0. The van der Waals surface area contributed by atoms with Crippen molar-refractivity contribution in [2.24, 2.45) is 0 Å². The minimum Gasteiger partial charge on any atom is -0.0622 e. The van der Waals surface area contributed by atoms with E-state index in [0.29, 0.717) is 0 Å². The lowest BCUT2D eigenvalue weighted by Gasteiger charge is -2.20. The molecule has 0 heterocycles. The maximum absolute atomic E-state index is 2.48. The second-order valence-corrected chi connectivity index (χ2v) is 20.5. The molecule has 0 nitrogen and oxygen atoms in total. The molecule has 17 aromatic carbocycles. The quantitative estimate of drug-likeness (QED) is 0.120. The predicted molar refractivity (Wildman–Crippen MR) is 304 cm³/mol. The van der Waals surface area contributed by atoms with Gasteiger partial charge in [0.1, 0.15) is 0 Å². The second kappa shape index (κ2) is 12.2. The van der Waals surface area contributed by atoms with Crippen LogP contribution in [-0.2, 0) is 0 Å². The smallest absolute Gasteiger partial charge is 0.000717 e. The summed E-state index contributed by atoms with van der Waals surface area (Å²) in [6, 6.07) is 74.7. The third-order valence-corrected chi connectivity index (χ3v) is 17.5. The van der Waals surface area contributed by atoms with E-state index >= 15 is 0 Å². The van der Waals surface area contributed by atoms with Crippen LogP contribution in [0.4, 0.5) is 0 Å². The molecule has 0 aliphatic heterocycles. The van der Waals surface area contributed by atoms with Gasteiger partial charge in [0.15, 0.2) is 0 Å². The Hall–Kier alpha value is -8.84. The first kappa shape index (κ1) is 36.2. The van der Waals surface area contributed by atoms with Crippen LogP contribution in [0.25, 0.3) is 185 Å². The Balaban J connectivity index is 0.999. The number of benzene rings is 15. The third-order valence-electron chi connectivity index (χ3n) is 17.5. The molecule has 0 amide bonds. The zero-order valence-electron chi connectivity index (χ0n) is 38.5. The summed E-state index contributed by atoms with van der Waals surface area (Å²) in [6.07, 6.45) is 0. The molecule has 70 heavy (non-hydrogen) atoms. The van der Waals surface area contributed by atoms with Gasteiger partial charge in [-0.2, -0.15) is 0 Å². The van der Waals surface area contributed by atoms with E-state index in [1.807, 2.05) is 0 Å². The summed E-state index contributed by atoms with van der Waals surface area (Å²) in [4.78, 5) is 0. The molecule has 318 valence electrons. The Labute approximate surface area is 401 Å². The van der Waals surface area contributed by atoms with Crippen molar-refractivity contribution >= 4 is 140 Å². The molecule has 1 aliphatic carbocycles. The second-order valence-electron chi connectivity index (χ2n) is 20.5. The van der Waals surface area contributed by atoms with E-state index in [9.17, 15) is 0 Å². The standard InChI is InChI=1S/C70H38/c1-35-40-19-9-10-20-41(40)36(2)57-53-32-28-47-43-24-26-45-49-30-34-55-66-54(33-29-48(64(49)66)44-25-23-42(61(43)62(44)45)46-27-31-52(56(35)57)65(53)63(46)47)69-59(38-13-5-3-6-14-38)67-50-21-11-17-37-18-12-22-51(58(37)50)68(67)60(70(55)69)39-15-7-4-8-16-39/h3-34H,1-2H3. The molecular weight excluding hydrogens is 841 g/mol. The molecule has 0 N–H and O–H groups in total. The number of rotatable bonds is 2. The first-order chi connectivity index (χ1) is 34.6. The lowest BCUT2D eigenvalue weighted by molar-refractivity contribution is 1.47. The minimum atomic E-state index is 1.26. The molecule has 0 unspecified atom stereocenters. The molecule has 17 aromatic rings. The molecule has 0 heteroatoms.